The van der Waals surface area contributed by atoms with Crippen molar-refractivity contribution in [1.29, 1.82) is 0 Å². The normalized spacial score (nSPS) is 11.2. The first-order valence-electron chi connectivity index (χ1n) is 10.7. The molecule has 4 rings (SSSR count). The molecule has 3 aromatic carbocycles. The van der Waals surface area contributed by atoms with Crippen LogP contribution < -0.4 is 26.4 Å². The highest BCUT2D eigenvalue weighted by molar-refractivity contribution is 6.31. The van der Waals surface area contributed by atoms with Crippen LogP contribution in [0, 0.1) is 0 Å². The number of benzene rings is 3. The summed E-state index contributed by atoms with van der Waals surface area (Å²) in [5.74, 6) is 0.416. The molecule has 0 bridgehead atoms. The first-order chi connectivity index (χ1) is 17.5. The summed E-state index contributed by atoms with van der Waals surface area (Å²) >= 11 is 5.60. The highest BCUT2D eigenvalue weighted by atomic mass is 35.5. The predicted octanol–water partition coefficient (Wildman–Crippen LogP) is 6.29. The number of amides is 3. The lowest BCUT2D eigenvalue weighted by molar-refractivity contribution is -0.137. The lowest BCUT2D eigenvalue weighted by Crippen LogP contribution is -2.20. The number of halogens is 4. The highest BCUT2D eigenvalue weighted by Crippen LogP contribution is 2.36. The fourth-order valence-corrected chi connectivity index (χ4v) is 3.69. The number of nitrogens with zero attached hydrogens (tertiary/aromatic N) is 1. The third-order valence-corrected chi connectivity index (χ3v) is 5.52. The Morgan fingerprint density at radius 2 is 1.62 bits per heavy atom. The van der Waals surface area contributed by atoms with Crippen LogP contribution in [-0.2, 0) is 6.18 Å². The molecule has 0 saturated carbocycles. The molecule has 12 heteroatoms. The Hall–Kier alpha value is -4.51. The summed E-state index contributed by atoms with van der Waals surface area (Å²) in [5.41, 5.74) is 5.77. The minimum absolute atomic E-state index is 0.0746. The molecular weight excluding hydrogens is 511 g/mol. The second-order valence-electron chi connectivity index (χ2n) is 7.75. The number of ether oxygens (including phenoxy) is 1. The van der Waals surface area contributed by atoms with Crippen LogP contribution >= 0.6 is 11.6 Å². The molecule has 1 heterocycles. The Labute approximate surface area is 213 Å². The predicted molar refractivity (Wildman–Crippen MR) is 135 cm³/mol. The number of carbonyl (C=O) groups is 2. The number of urea groups is 1. The van der Waals surface area contributed by atoms with Crippen molar-refractivity contribution in [3.63, 3.8) is 0 Å². The maximum Gasteiger partial charge on any atom is 0.417 e. The maximum atomic E-state index is 13.0. The van der Waals surface area contributed by atoms with Crippen molar-refractivity contribution >= 4 is 51.4 Å². The van der Waals surface area contributed by atoms with Gasteiger partial charge in [-0.1, -0.05) is 11.6 Å². The summed E-state index contributed by atoms with van der Waals surface area (Å²) in [7, 11) is 1.50. The van der Waals surface area contributed by atoms with E-state index in [4.69, 9.17) is 22.1 Å². The van der Waals surface area contributed by atoms with Crippen LogP contribution in [-0.4, -0.2) is 24.0 Å². The van der Waals surface area contributed by atoms with E-state index in [9.17, 15) is 22.8 Å². The smallest absolute Gasteiger partial charge is 0.417 e. The number of rotatable bonds is 5. The Kier molecular flexibility index (Phi) is 7.07. The van der Waals surface area contributed by atoms with Gasteiger partial charge in [0.25, 0.3) is 5.91 Å². The van der Waals surface area contributed by atoms with Crippen LogP contribution in [0.15, 0.2) is 66.9 Å². The molecule has 0 atom stereocenters. The first kappa shape index (κ1) is 25.6. The Bertz CT molecular complexity index is 1490. The molecule has 3 amide bonds. The molecule has 0 aliphatic rings. The number of hydrogen-bond acceptors (Lipinski definition) is 5. The van der Waals surface area contributed by atoms with E-state index in [0.717, 1.165) is 12.1 Å². The Morgan fingerprint density at radius 3 is 2.30 bits per heavy atom. The van der Waals surface area contributed by atoms with Gasteiger partial charge in [-0.15, -0.1) is 0 Å². The van der Waals surface area contributed by atoms with Gasteiger partial charge in [-0.3, -0.25) is 4.79 Å². The summed E-state index contributed by atoms with van der Waals surface area (Å²) in [5, 5.41) is 8.06. The zero-order chi connectivity index (χ0) is 26.7. The van der Waals surface area contributed by atoms with Crippen molar-refractivity contribution in [2.75, 3.05) is 23.4 Å². The van der Waals surface area contributed by atoms with Gasteiger partial charge in [0.1, 0.15) is 11.4 Å². The number of fused-ring (bicyclic) bond motifs is 1. The lowest BCUT2D eigenvalue weighted by atomic mass is 10.1. The van der Waals surface area contributed by atoms with E-state index in [1.165, 1.54) is 19.3 Å². The van der Waals surface area contributed by atoms with E-state index in [1.807, 2.05) is 0 Å². The number of aromatic nitrogens is 1. The fraction of sp³-hybridized carbons (Fsp3) is 0.0800. The van der Waals surface area contributed by atoms with Gasteiger partial charge < -0.3 is 26.4 Å². The van der Waals surface area contributed by atoms with E-state index < -0.39 is 22.8 Å². The fourth-order valence-electron chi connectivity index (χ4n) is 3.46. The molecule has 0 aliphatic heterocycles. The van der Waals surface area contributed by atoms with Gasteiger partial charge >= 0.3 is 12.2 Å². The van der Waals surface area contributed by atoms with Crippen molar-refractivity contribution in [3.05, 3.63) is 83.1 Å². The second-order valence-corrected chi connectivity index (χ2v) is 8.16. The second kappa shape index (κ2) is 10.2. The van der Waals surface area contributed by atoms with Crippen molar-refractivity contribution in [1.82, 2.24) is 10.3 Å². The molecule has 0 spiro atoms. The van der Waals surface area contributed by atoms with Crippen LogP contribution in [0.2, 0.25) is 5.02 Å². The van der Waals surface area contributed by atoms with Gasteiger partial charge in [0.05, 0.1) is 16.8 Å². The van der Waals surface area contributed by atoms with Crippen molar-refractivity contribution < 1.29 is 27.5 Å². The quantitative estimate of drug-likeness (QED) is 0.227. The average Bonchev–Trinajstić information content (AvgIpc) is 2.85. The third kappa shape index (κ3) is 5.84. The third-order valence-electron chi connectivity index (χ3n) is 5.19. The van der Waals surface area contributed by atoms with Crippen molar-refractivity contribution in [2.24, 2.45) is 0 Å². The molecule has 0 aliphatic carbocycles. The van der Waals surface area contributed by atoms with Crippen LogP contribution in [0.1, 0.15) is 16.1 Å². The van der Waals surface area contributed by atoms with Crippen molar-refractivity contribution in [2.45, 2.75) is 6.18 Å². The van der Waals surface area contributed by atoms with Crippen LogP contribution in [0.4, 0.5) is 35.0 Å². The number of anilines is 3. The first-order valence-corrected chi connectivity index (χ1v) is 11.1. The van der Waals surface area contributed by atoms with E-state index in [0.29, 0.717) is 33.6 Å². The molecule has 190 valence electrons. The number of nitrogen functional groups attached to an aromatic ring is 1. The molecule has 4 aromatic rings. The maximum absolute atomic E-state index is 13.0. The zero-order valence-corrected chi connectivity index (χ0v) is 19.9. The minimum atomic E-state index is -4.66. The van der Waals surface area contributed by atoms with Crippen LogP contribution in [0.5, 0.6) is 11.5 Å². The Morgan fingerprint density at radius 1 is 0.946 bits per heavy atom. The van der Waals surface area contributed by atoms with Gasteiger partial charge in [-0.05, 0) is 60.7 Å². The highest BCUT2D eigenvalue weighted by Gasteiger charge is 2.33. The van der Waals surface area contributed by atoms with Gasteiger partial charge in [0, 0.05) is 34.9 Å². The number of nitrogens with one attached hydrogen (secondary N) is 3. The molecule has 0 fully saturated rings. The lowest BCUT2D eigenvalue weighted by Gasteiger charge is -2.13. The van der Waals surface area contributed by atoms with E-state index in [-0.39, 0.29) is 17.3 Å². The molecule has 37 heavy (non-hydrogen) atoms. The monoisotopic (exact) mass is 529 g/mol. The van der Waals surface area contributed by atoms with Crippen molar-refractivity contribution in [3.8, 4) is 11.5 Å². The largest absolute Gasteiger partial charge is 0.455 e. The number of carbonyl (C=O) groups excluding carboxylic acids is 2. The molecule has 0 unspecified atom stereocenters. The standard InChI is InChI=1S/C25H19ClF3N5O3/c1-31-23(35)22-18-10-13(30)2-8-17(18)21(12-32-22)37-16-6-3-14(4-7-16)33-24(36)34-15-5-9-20(26)19(11-15)25(27,28)29/h2-12H,30H2,1H3,(H,31,35)(H2,33,34,36). The molecular formula is C25H19ClF3N5O3. The number of pyridine rings is 1. The van der Waals surface area contributed by atoms with E-state index in [2.05, 4.69) is 20.9 Å². The molecule has 5 N–H and O–H groups in total. The topological polar surface area (TPSA) is 118 Å². The van der Waals surface area contributed by atoms with E-state index >= 15 is 0 Å². The van der Waals surface area contributed by atoms with Gasteiger partial charge in [0.2, 0.25) is 0 Å². The van der Waals surface area contributed by atoms with E-state index in [1.54, 1.807) is 42.5 Å². The molecule has 1 aromatic heterocycles. The summed E-state index contributed by atoms with van der Waals surface area (Å²) in [4.78, 5) is 28.6. The Balaban J connectivity index is 1.47. The zero-order valence-electron chi connectivity index (χ0n) is 19.1. The van der Waals surface area contributed by atoms with Gasteiger partial charge in [0.15, 0.2) is 5.75 Å². The van der Waals surface area contributed by atoms with Gasteiger partial charge in [-0.2, -0.15) is 13.2 Å². The number of alkyl halides is 3. The molecule has 8 nitrogen and oxygen atoms in total. The van der Waals surface area contributed by atoms with Crippen LogP contribution in [0.25, 0.3) is 10.8 Å². The summed E-state index contributed by atoms with van der Waals surface area (Å²) in [6.07, 6.45) is -3.23. The SMILES string of the molecule is CNC(=O)c1ncc(Oc2ccc(NC(=O)Nc3ccc(Cl)c(C(F)(F)F)c3)cc2)c2ccc(N)cc12. The molecule has 0 saturated heterocycles. The number of nitrogens with two attached hydrogens (primary N) is 1. The summed E-state index contributed by atoms with van der Waals surface area (Å²) in [6, 6.07) is 13.6. The minimum Gasteiger partial charge on any atom is -0.455 e. The van der Waals surface area contributed by atoms with Crippen LogP contribution in [0.3, 0.4) is 0 Å². The number of hydrogen-bond donors (Lipinski definition) is 4. The van der Waals surface area contributed by atoms with Gasteiger partial charge in [-0.25, -0.2) is 9.78 Å². The summed E-state index contributed by atoms with van der Waals surface area (Å²) in [6.45, 7) is 0. The summed E-state index contributed by atoms with van der Waals surface area (Å²) < 4.78 is 45.0. The molecule has 0 radical (unpaired) electrons. The average molecular weight is 530 g/mol.